The average molecular weight is 255 g/mol. The van der Waals surface area contributed by atoms with Crippen molar-refractivity contribution < 1.29 is 4.74 Å². The van der Waals surface area contributed by atoms with Crippen LogP contribution in [0.5, 0.6) is 0 Å². The third-order valence-electron chi connectivity index (χ3n) is 3.03. The van der Waals surface area contributed by atoms with Crippen molar-refractivity contribution in [1.82, 2.24) is 15.2 Å². The molecule has 1 unspecified atom stereocenters. The number of rotatable bonds is 4. The van der Waals surface area contributed by atoms with Crippen molar-refractivity contribution in [2.45, 2.75) is 32.5 Å². The van der Waals surface area contributed by atoms with E-state index in [4.69, 9.17) is 4.74 Å². The van der Waals surface area contributed by atoms with Crippen LogP contribution in [-0.4, -0.2) is 42.7 Å². The molecular weight excluding hydrogens is 234 g/mol. The highest BCUT2D eigenvalue weighted by atomic mass is 32.1. The summed E-state index contributed by atoms with van der Waals surface area (Å²) in [4.78, 5) is 8.20. The van der Waals surface area contributed by atoms with E-state index in [1.165, 1.54) is 4.88 Å². The highest BCUT2D eigenvalue weighted by molar-refractivity contribution is 7.11. The van der Waals surface area contributed by atoms with Crippen LogP contribution < -0.4 is 5.32 Å². The molecule has 1 aliphatic rings. The normalized spacial score (nSPS) is 22.2. The summed E-state index contributed by atoms with van der Waals surface area (Å²) < 4.78 is 5.82. The third-order valence-corrected chi connectivity index (χ3v) is 4.12. The van der Waals surface area contributed by atoms with E-state index in [2.05, 4.69) is 29.0 Å². The molecule has 1 N–H and O–H groups in total. The van der Waals surface area contributed by atoms with Crippen LogP contribution in [-0.2, 0) is 11.3 Å². The Kier molecular flexibility index (Phi) is 4.50. The van der Waals surface area contributed by atoms with Crippen LogP contribution in [0, 0.1) is 0 Å². The Morgan fingerprint density at radius 3 is 3.18 bits per heavy atom. The summed E-state index contributed by atoms with van der Waals surface area (Å²) in [5, 5.41) is 4.26. The first-order valence-electron chi connectivity index (χ1n) is 6.15. The number of nitrogens with one attached hydrogen (secondary N) is 1. The van der Waals surface area contributed by atoms with E-state index < -0.39 is 0 Å². The van der Waals surface area contributed by atoms with E-state index in [0.717, 1.165) is 31.2 Å². The summed E-state index contributed by atoms with van der Waals surface area (Å²) >= 11 is 1.75. The van der Waals surface area contributed by atoms with Crippen LogP contribution in [0.1, 0.15) is 29.8 Å². The molecule has 1 aromatic rings. The second kappa shape index (κ2) is 5.91. The standard InChI is InChI=1S/C12H21N3OS/c1-9(2)15-4-5-16-11(8-15)12-14-7-10(17-12)6-13-3/h7,9,11,13H,4-6,8H2,1-3H3. The van der Waals surface area contributed by atoms with Gasteiger partial charge in [0, 0.05) is 36.8 Å². The van der Waals surface area contributed by atoms with Crippen molar-refractivity contribution in [3.05, 3.63) is 16.1 Å². The van der Waals surface area contributed by atoms with Gasteiger partial charge in [-0.05, 0) is 20.9 Å². The van der Waals surface area contributed by atoms with Gasteiger partial charge in [-0.3, -0.25) is 4.90 Å². The maximum atomic E-state index is 5.82. The van der Waals surface area contributed by atoms with Gasteiger partial charge >= 0.3 is 0 Å². The molecule has 0 radical (unpaired) electrons. The van der Waals surface area contributed by atoms with Gasteiger partial charge in [-0.1, -0.05) is 0 Å². The minimum absolute atomic E-state index is 0.154. The van der Waals surface area contributed by atoms with E-state index in [0.29, 0.717) is 6.04 Å². The van der Waals surface area contributed by atoms with Crippen LogP contribution in [0.4, 0.5) is 0 Å². The highest BCUT2D eigenvalue weighted by Gasteiger charge is 2.25. The lowest BCUT2D eigenvalue weighted by atomic mass is 10.2. The van der Waals surface area contributed by atoms with Gasteiger partial charge in [0.2, 0.25) is 0 Å². The lowest BCUT2D eigenvalue weighted by Gasteiger charge is -2.34. The van der Waals surface area contributed by atoms with Crippen LogP contribution >= 0.6 is 11.3 Å². The monoisotopic (exact) mass is 255 g/mol. The maximum absolute atomic E-state index is 5.82. The summed E-state index contributed by atoms with van der Waals surface area (Å²) in [7, 11) is 1.96. The Morgan fingerprint density at radius 2 is 2.47 bits per heavy atom. The summed E-state index contributed by atoms with van der Waals surface area (Å²) in [6.07, 6.45) is 2.11. The van der Waals surface area contributed by atoms with Crippen LogP contribution in [0.15, 0.2) is 6.20 Å². The van der Waals surface area contributed by atoms with E-state index in [1.54, 1.807) is 11.3 Å². The number of hydrogen-bond acceptors (Lipinski definition) is 5. The molecule has 0 aromatic carbocycles. The number of morpholine rings is 1. The fourth-order valence-electron chi connectivity index (χ4n) is 2.02. The van der Waals surface area contributed by atoms with Crippen molar-refractivity contribution in [2.75, 3.05) is 26.7 Å². The van der Waals surface area contributed by atoms with Gasteiger partial charge in [0.25, 0.3) is 0 Å². The molecule has 5 heteroatoms. The fraction of sp³-hybridized carbons (Fsp3) is 0.750. The van der Waals surface area contributed by atoms with Gasteiger partial charge < -0.3 is 10.1 Å². The molecule has 0 spiro atoms. The first-order chi connectivity index (χ1) is 8.20. The largest absolute Gasteiger partial charge is 0.368 e. The lowest BCUT2D eigenvalue weighted by Crippen LogP contribution is -2.42. The topological polar surface area (TPSA) is 37.4 Å². The predicted octanol–water partition coefficient (Wildman–Crippen LogP) is 1.64. The highest BCUT2D eigenvalue weighted by Crippen LogP contribution is 2.27. The van der Waals surface area contributed by atoms with Crippen LogP contribution in [0.2, 0.25) is 0 Å². The van der Waals surface area contributed by atoms with E-state index in [-0.39, 0.29) is 6.10 Å². The number of thiazole rings is 1. The fourth-order valence-corrected chi connectivity index (χ4v) is 2.99. The van der Waals surface area contributed by atoms with Gasteiger partial charge in [-0.2, -0.15) is 0 Å². The van der Waals surface area contributed by atoms with Crippen LogP contribution in [0.25, 0.3) is 0 Å². The summed E-state index contributed by atoms with van der Waals surface area (Å²) in [5.41, 5.74) is 0. The van der Waals surface area contributed by atoms with Crippen molar-refractivity contribution in [1.29, 1.82) is 0 Å². The number of hydrogen-bond donors (Lipinski definition) is 1. The van der Waals surface area contributed by atoms with Gasteiger partial charge in [-0.15, -0.1) is 11.3 Å². The third kappa shape index (κ3) is 3.25. The Bertz CT molecular complexity index is 353. The molecule has 2 rings (SSSR count). The molecule has 1 saturated heterocycles. The number of nitrogens with zero attached hydrogens (tertiary/aromatic N) is 2. The molecule has 0 bridgehead atoms. The SMILES string of the molecule is CNCc1cnc(C2CN(C(C)C)CCO2)s1. The second-order valence-electron chi connectivity index (χ2n) is 4.64. The van der Waals surface area contributed by atoms with Crippen molar-refractivity contribution in [2.24, 2.45) is 0 Å². The molecule has 1 aliphatic heterocycles. The Balaban J connectivity index is 2.00. The molecule has 96 valence electrons. The molecule has 1 fully saturated rings. The van der Waals surface area contributed by atoms with Gasteiger partial charge in [0.05, 0.1) is 6.61 Å². The minimum Gasteiger partial charge on any atom is -0.368 e. The van der Waals surface area contributed by atoms with E-state index in [9.17, 15) is 0 Å². The molecule has 17 heavy (non-hydrogen) atoms. The molecule has 1 atom stereocenters. The second-order valence-corrected chi connectivity index (χ2v) is 5.79. The molecule has 0 saturated carbocycles. The molecule has 0 amide bonds. The Morgan fingerprint density at radius 1 is 1.65 bits per heavy atom. The van der Waals surface area contributed by atoms with Gasteiger partial charge in [-0.25, -0.2) is 4.98 Å². The molecule has 4 nitrogen and oxygen atoms in total. The Hall–Kier alpha value is -0.490. The number of ether oxygens (including phenoxy) is 1. The first-order valence-corrected chi connectivity index (χ1v) is 6.97. The zero-order valence-corrected chi connectivity index (χ0v) is 11.6. The molecule has 0 aliphatic carbocycles. The summed E-state index contributed by atoms with van der Waals surface area (Å²) in [5.74, 6) is 0. The van der Waals surface area contributed by atoms with E-state index in [1.807, 2.05) is 13.2 Å². The lowest BCUT2D eigenvalue weighted by molar-refractivity contribution is -0.0402. The molecule has 1 aromatic heterocycles. The molecular formula is C12H21N3OS. The van der Waals surface area contributed by atoms with Crippen molar-refractivity contribution >= 4 is 11.3 Å². The summed E-state index contributed by atoms with van der Waals surface area (Å²) in [6, 6.07) is 0.582. The zero-order valence-electron chi connectivity index (χ0n) is 10.8. The maximum Gasteiger partial charge on any atom is 0.123 e. The van der Waals surface area contributed by atoms with Crippen LogP contribution in [0.3, 0.4) is 0 Å². The Labute approximate surface area is 107 Å². The average Bonchev–Trinajstić information content (AvgIpc) is 2.78. The predicted molar refractivity (Wildman–Crippen MR) is 70.3 cm³/mol. The zero-order chi connectivity index (χ0) is 12.3. The van der Waals surface area contributed by atoms with Crippen molar-refractivity contribution in [3.8, 4) is 0 Å². The smallest absolute Gasteiger partial charge is 0.123 e. The first kappa shape index (κ1) is 13.0. The number of aromatic nitrogens is 1. The van der Waals surface area contributed by atoms with Gasteiger partial charge in [0.15, 0.2) is 0 Å². The minimum atomic E-state index is 0.154. The van der Waals surface area contributed by atoms with Gasteiger partial charge in [0.1, 0.15) is 11.1 Å². The molecule has 2 heterocycles. The van der Waals surface area contributed by atoms with Crippen molar-refractivity contribution in [3.63, 3.8) is 0 Å². The van der Waals surface area contributed by atoms with E-state index >= 15 is 0 Å². The quantitative estimate of drug-likeness (QED) is 0.887. The summed E-state index contributed by atoms with van der Waals surface area (Å²) in [6.45, 7) is 8.16.